The van der Waals surface area contributed by atoms with Gasteiger partial charge in [0.25, 0.3) is 0 Å². The molecular formula is C19H26O4. The molecule has 23 heavy (non-hydrogen) atoms. The minimum absolute atomic E-state index is 0.194. The first kappa shape index (κ1) is 18.9. The Morgan fingerprint density at radius 2 is 1.91 bits per heavy atom. The smallest absolute Gasteiger partial charge is 0.338 e. The van der Waals surface area contributed by atoms with Crippen LogP contribution < -0.4 is 0 Å². The third-order valence-electron chi connectivity index (χ3n) is 3.91. The Labute approximate surface area is 138 Å². The average molecular weight is 318 g/mol. The molecular weight excluding hydrogens is 292 g/mol. The SMILES string of the molecule is C=C(C)C(=O)OC(C)(CC)CCOC(=O)c1cc(C)ccc1C. The zero-order valence-corrected chi connectivity index (χ0v) is 14.7. The summed E-state index contributed by atoms with van der Waals surface area (Å²) in [6, 6.07) is 5.67. The van der Waals surface area contributed by atoms with Gasteiger partial charge in [0.2, 0.25) is 0 Å². The Morgan fingerprint density at radius 1 is 1.26 bits per heavy atom. The van der Waals surface area contributed by atoms with Gasteiger partial charge in [-0.3, -0.25) is 0 Å². The van der Waals surface area contributed by atoms with Crippen molar-refractivity contribution in [3.63, 3.8) is 0 Å². The molecule has 1 aromatic rings. The number of ether oxygens (including phenoxy) is 2. The van der Waals surface area contributed by atoms with Crippen LogP contribution in [0.5, 0.6) is 0 Å². The van der Waals surface area contributed by atoms with Crippen LogP contribution in [0.15, 0.2) is 30.4 Å². The Bertz CT molecular complexity index is 603. The lowest BCUT2D eigenvalue weighted by Gasteiger charge is -2.28. The number of esters is 2. The summed E-state index contributed by atoms with van der Waals surface area (Å²) in [5.41, 5.74) is 2.15. The van der Waals surface area contributed by atoms with E-state index in [0.717, 1.165) is 11.1 Å². The van der Waals surface area contributed by atoms with Crippen molar-refractivity contribution >= 4 is 11.9 Å². The lowest BCUT2D eigenvalue weighted by atomic mass is 9.99. The molecule has 1 rings (SSSR count). The minimum atomic E-state index is -0.669. The minimum Gasteiger partial charge on any atom is -0.462 e. The van der Waals surface area contributed by atoms with Crippen LogP contribution in [0.3, 0.4) is 0 Å². The fraction of sp³-hybridized carbons (Fsp3) is 0.474. The van der Waals surface area contributed by atoms with Gasteiger partial charge in [0.05, 0.1) is 12.2 Å². The summed E-state index contributed by atoms with van der Waals surface area (Å²) in [4.78, 5) is 23.9. The molecule has 0 saturated heterocycles. The molecule has 0 heterocycles. The van der Waals surface area contributed by atoms with Crippen LogP contribution in [-0.4, -0.2) is 24.1 Å². The van der Waals surface area contributed by atoms with Gasteiger partial charge in [0, 0.05) is 12.0 Å². The maximum Gasteiger partial charge on any atom is 0.338 e. The van der Waals surface area contributed by atoms with Crippen molar-refractivity contribution in [3.8, 4) is 0 Å². The van der Waals surface area contributed by atoms with E-state index >= 15 is 0 Å². The highest BCUT2D eigenvalue weighted by Crippen LogP contribution is 2.22. The van der Waals surface area contributed by atoms with Gasteiger partial charge in [-0.15, -0.1) is 0 Å². The van der Waals surface area contributed by atoms with E-state index in [4.69, 9.17) is 9.47 Å². The van der Waals surface area contributed by atoms with E-state index in [1.807, 2.05) is 45.9 Å². The summed E-state index contributed by atoms with van der Waals surface area (Å²) < 4.78 is 10.8. The first-order valence-electron chi connectivity index (χ1n) is 7.82. The van der Waals surface area contributed by atoms with Crippen LogP contribution in [0, 0.1) is 13.8 Å². The Hall–Kier alpha value is -2.10. The molecule has 0 amide bonds. The van der Waals surface area contributed by atoms with Crippen LogP contribution >= 0.6 is 0 Å². The van der Waals surface area contributed by atoms with Crippen molar-refractivity contribution in [2.45, 2.75) is 53.1 Å². The Kier molecular flexibility index (Phi) is 6.55. The number of carbonyl (C=O) groups is 2. The summed E-state index contributed by atoms with van der Waals surface area (Å²) >= 11 is 0. The third kappa shape index (κ3) is 5.55. The fourth-order valence-electron chi connectivity index (χ4n) is 2.00. The van der Waals surface area contributed by atoms with Gasteiger partial charge < -0.3 is 9.47 Å². The summed E-state index contributed by atoms with van der Waals surface area (Å²) in [7, 11) is 0. The topological polar surface area (TPSA) is 52.6 Å². The molecule has 0 N–H and O–H groups in total. The maximum atomic E-state index is 12.2. The highest BCUT2D eigenvalue weighted by Gasteiger charge is 2.27. The first-order chi connectivity index (χ1) is 10.7. The fourth-order valence-corrected chi connectivity index (χ4v) is 2.00. The van der Waals surface area contributed by atoms with Crippen LogP contribution in [-0.2, 0) is 14.3 Å². The second kappa shape index (κ2) is 7.95. The lowest BCUT2D eigenvalue weighted by Crippen LogP contribution is -2.33. The molecule has 4 heteroatoms. The number of aryl methyl sites for hydroxylation is 2. The van der Waals surface area contributed by atoms with Gasteiger partial charge in [0.1, 0.15) is 5.60 Å². The van der Waals surface area contributed by atoms with Crippen molar-refractivity contribution < 1.29 is 19.1 Å². The molecule has 126 valence electrons. The standard InChI is InChI=1S/C19H26O4/c1-7-19(6,23-17(20)13(2)3)10-11-22-18(21)16-12-14(4)8-9-15(16)5/h8-9,12H,2,7,10-11H2,1,3-6H3. The molecule has 1 aromatic carbocycles. The van der Waals surface area contributed by atoms with E-state index in [0.29, 0.717) is 24.0 Å². The van der Waals surface area contributed by atoms with Crippen LogP contribution in [0.1, 0.15) is 55.1 Å². The molecule has 0 aromatic heterocycles. The van der Waals surface area contributed by atoms with E-state index in [2.05, 4.69) is 6.58 Å². The van der Waals surface area contributed by atoms with Crippen LogP contribution in [0.25, 0.3) is 0 Å². The van der Waals surface area contributed by atoms with E-state index in [1.54, 1.807) is 6.92 Å². The van der Waals surface area contributed by atoms with Gasteiger partial charge >= 0.3 is 11.9 Å². The van der Waals surface area contributed by atoms with E-state index < -0.39 is 11.6 Å². The van der Waals surface area contributed by atoms with Gasteiger partial charge in [-0.2, -0.15) is 0 Å². The second-order valence-electron chi connectivity index (χ2n) is 6.18. The molecule has 0 aliphatic heterocycles. The molecule has 0 fully saturated rings. The third-order valence-corrected chi connectivity index (χ3v) is 3.91. The van der Waals surface area contributed by atoms with Gasteiger partial charge in [0.15, 0.2) is 0 Å². The van der Waals surface area contributed by atoms with E-state index in [1.165, 1.54) is 0 Å². The van der Waals surface area contributed by atoms with E-state index in [-0.39, 0.29) is 12.6 Å². The Balaban J connectivity index is 2.63. The van der Waals surface area contributed by atoms with Gasteiger partial charge in [-0.1, -0.05) is 31.2 Å². The number of hydrogen-bond acceptors (Lipinski definition) is 4. The maximum absolute atomic E-state index is 12.2. The van der Waals surface area contributed by atoms with Crippen molar-refractivity contribution in [1.29, 1.82) is 0 Å². The van der Waals surface area contributed by atoms with Crippen molar-refractivity contribution in [3.05, 3.63) is 47.0 Å². The van der Waals surface area contributed by atoms with Crippen molar-refractivity contribution in [1.82, 2.24) is 0 Å². The molecule has 0 aliphatic carbocycles. The molecule has 0 radical (unpaired) electrons. The number of carbonyl (C=O) groups excluding carboxylic acids is 2. The van der Waals surface area contributed by atoms with Crippen molar-refractivity contribution in [2.24, 2.45) is 0 Å². The average Bonchev–Trinajstić information content (AvgIpc) is 2.49. The zero-order valence-electron chi connectivity index (χ0n) is 14.7. The number of hydrogen-bond donors (Lipinski definition) is 0. The Morgan fingerprint density at radius 3 is 2.48 bits per heavy atom. The second-order valence-corrected chi connectivity index (χ2v) is 6.18. The first-order valence-corrected chi connectivity index (χ1v) is 7.82. The normalized spacial score (nSPS) is 13.1. The van der Waals surface area contributed by atoms with Crippen LogP contribution in [0.4, 0.5) is 0 Å². The molecule has 0 saturated carbocycles. The number of rotatable bonds is 7. The van der Waals surface area contributed by atoms with Crippen molar-refractivity contribution in [2.75, 3.05) is 6.61 Å². The van der Waals surface area contributed by atoms with Gasteiger partial charge in [-0.25, -0.2) is 9.59 Å². The van der Waals surface area contributed by atoms with Crippen LogP contribution in [0.2, 0.25) is 0 Å². The lowest BCUT2D eigenvalue weighted by molar-refractivity contribution is -0.154. The highest BCUT2D eigenvalue weighted by molar-refractivity contribution is 5.91. The monoisotopic (exact) mass is 318 g/mol. The van der Waals surface area contributed by atoms with Gasteiger partial charge in [-0.05, 0) is 45.7 Å². The molecule has 0 bridgehead atoms. The zero-order chi connectivity index (χ0) is 17.6. The quantitative estimate of drug-likeness (QED) is 0.560. The highest BCUT2D eigenvalue weighted by atomic mass is 16.6. The predicted octanol–water partition coefficient (Wildman–Crippen LogP) is 4.14. The molecule has 1 atom stereocenters. The van der Waals surface area contributed by atoms with E-state index in [9.17, 15) is 9.59 Å². The predicted molar refractivity (Wildman–Crippen MR) is 90.4 cm³/mol. The summed E-state index contributed by atoms with van der Waals surface area (Å²) in [5, 5.41) is 0. The summed E-state index contributed by atoms with van der Waals surface area (Å²) in [6.45, 7) is 13.0. The molecule has 4 nitrogen and oxygen atoms in total. The molecule has 1 unspecified atom stereocenters. The largest absolute Gasteiger partial charge is 0.462 e. The molecule has 0 spiro atoms. The number of benzene rings is 1. The molecule has 0 aliphatic rings. The summed E-state index contributed by atoms with van der Waals surface area (Å²) in [5.74, 6) is -0.772. The summed E-state index contributed by atoms with van der Waals surface area (Å²) in [6.07, 6.45) is 1.08.